The number of halogens is 1. The molecule has 1 heterocycles. The Balaban J connectivity index is 2.22. The number of nitrogens with one attached hydrogen (secondary N) is 1. The number of carbonyl (C=O) groups is 3. The van der Waals surface area contributed by atoms with E-state index in [2.05, 4.69) is 20.9 Å². The molecule has 132 valence electrons. The number of hydrogen-bond acceptors (Lipinski definition) is 5. The van der Waals surface area contributed by atoms with Gasteiger partial charge in [-0.2, -0.15) is 0 Å². The smallest absolute Gasteiger partial charge is 0.339 e. The molecule has 0 radical (unpaired) electrons. The molecule has 0 aliphatic heterocycles. The Hall–Kier alpha value is -2.41. The van der Waals surface area contributed by atoms with Crippen molar-refractivity contribution in [3.05, 3.63) is 56.8 Å². The fourth-order valence-electron chi connectivity index (χ4n) is 2.51. The molecule has 1 aromatic heterocycles. The van der Waals surface area contributed by atoms with Crippen molar-refractivity contribution >= 4 is 33.7 Å². The van der Waals surface area contributed by atoms with E-state index >= 15 is 0 Å². The minimum atomic E-state index is -1.01. The van der Waals surface area contributed by atoms with Gasteiger partial charge < -0.3 is 14.5 Å². The molecule has 0 fully saturated rings. The summed E-state index contributed by atoms with van der Waals surface area (Å²) in [4.78, 5) is 39.6. The van der Waals surface area contributed by atoms with Crippen molar-refractivity contribution in [2.45, 2.75) is 26.9 Å². The molecule has 1 aromatic carbocycles. The second-order valence-corrected chi connectivity index (χ2v) is 6.36. The third kappa shape index (κ3) is 3.82. The zero-order valence-corrected chi connectivity index (χ0v) is 15.9. The van der Waals surface area contributed by atoms with Crippen molar-refractivity contribution in [1.29, 1.82) is 0 Å². The number of esters is 2. The summed E-state index contributed by atoms with van der Waals surface area (Å²) in [6, 6.07) is 6.79. The highest BCUT2D eigenvalue weighted by atomic mass is 79.9. The normalized spacial score (nSPS) is 11.7. The van der Waals surface area contributed by atoms with Crippen LogP contribution >= 0.6 is 15.9 Å². The van der Waals surface area contributed by atoms with Gasteiger partial charge in [0.2, 0.25) is 5.78 Å². The molecule has 0 aliphatic carbocycles. The van der Waals surface area contributed by atoms with Crippen LogP contribution in [0, 0.1) is 13.8 Å². The van der Waals surface area contributed by atoms with E-state index in [0.717, 1.165) is 0 Å². The number of aromatic nitrogens is 1. The molecule has 0 saturated heterocycles. The Morgan fingerprint density at radius 3 is 2.36 bits per heavy atom. The average molecular weight is 408 g/mol. The third-order valence-corrected chi connectivity index (χ3v) is 4.51. The van der Waals surface area contributed by atoms with E-state index in [4.69, 9.17) is 9.47 Å². The first-order chi connectivity index (χ1) is 11.8. The summed E-state index contributed by atoms with van der Waals surface area (Å²) in [5, 5.41) is 0. The van der Waals surface area contributed by atoms with E-state index in [0.29, 0.717) is 26.9 Å². The maximum absolute atomic E-state index is 12.6. The first-order valence-corrected chi connectivity index (χ1v) is 8.34. The topological polar surface area (TPSA) is 85.5 Å². The van der Waals surface area contributed by atoms with Crippen LogP contribution in [-0.4, -0.2) is 35.9 Å². The number of ether oxygens (including phenoxy) is 2. The van der Waals surface area contributed by atoms with E-state index < -0.39 is 23.8 Å². The number of aromatic amines is 1. The van der Waals surface area contributed by atoms with Gasteiger partial charge in [0.15, 0.2) is 6.10 Å². The van der Waals surface area contributed by atoms with Crippen molar-refractivity contribution in [3.63, 3.8) is 0 Å². The number of ketones is 1. The standard InChI is InChI=1S/C18H18BrNO5/c1-9-14(18(23)24-4)10(2)20-15(9)16(21)11(3)25-17(22)12-7-5-6-8-13(12)19/h5-8,11,20H,1-4H3/t11-/m1/s1. The van der Waals surface area contributed by atoms with Gasteiger partial charge in [-0.15, -0.1) is 0 Å². The van der Waals surface area contributed by atoms with Gasteiger partial charge in [0, 0.05) is 10.2 Å². The van der Waals surface area contributed by atoms with Crippen molar-refractivity contribution in [2.75, 3.05) is 7.11 Å². The van der Waals surface area contributed by atoms with Crippen LogP contribution in [0.2, 0.25) is 0 Å². The van der Waals surface area contributed by atoms with Crippen LogP contribution < -0.4 is 0 Å². The summed E-state index contributed by atoms with van der Waals surface area (Å²) in [6.45, 7) is 4.81. The number of H-pyrrole nitrogens is 1. The Labute approximate surface area is 153 Å². The maximum atomic E-state index is 12.6. The highest BCUT2D eigenvalue weighted by Crippen LogP contribution is 2.22. The molecule has 2 aromatic rings. The largest absolute Gasteiger partial charge is 0.465 e. The number of hydrogen-bond donors (Lipinski definition) is 1. The van der Waals surface area contributed by atoms with Crippen LogP contribution in [0.25, 0.3) is 0 Å². The minimum absolute atomic E-state index is 0.227. The molecule has 0 aliphatic rings. The molecule has 1 atom stereocenters. The van der Waals surface area contributed by atoms with Gasteiger partial charge in [-0.3, -0.25) is 4.79 Å². The quantitative estimate of drug-likeness (QED) is 0.604. The van der Waals surface area contributed by atoms with E-state index in [1.165, 1.54) is 14.0 Å². The predicted molar refractivity (Wildman–Crippen MR) is 95.0 cm³/mol. The molecule has 0 unspecified atom stereocenters. The Kier molecular flexibility index (Phi) is 5.79. The third-order valence-electron chi connectivity index (χ3n) is 3.82. The number of rotatable bonds is 5. The summed E-state index contributed by atoms with van der Waals surface area (Å²) in [5.74, 6) is -1.55. The number of Topliss-reactive ketones (excluding diaryl/α,β-unsaturated/α-hetero) is 1. The summed E-state index contributed by atoms with van der Waals surface area (Å²) in [7, 11) is 1.28. The summed E-state index contributed by atoms with van der Waals surface area (Å²) in [6.07, 6.45) is -1.01. The molecule has 0 saturated carbocycles. The second kappa shape index (κ2) is 7.65. The average Bonchev–Trinajstić information content (AvgIpc) is 2.88. The van der Waals surface area contributed by atoms with Crippen molar-refractivity contribution in [1.82, 2.24) is 4.98 Å². The highest BCUT2D eigenvalue weighted by molar-refractivity contribution is 9.10. The van der Waals surface area contributed by atoms with E-state index in [9.17, 15) is 14.4 Å². The number of benzene rings is 1. The molecule has 6 nitrogen and oxygen atoms in total. The van der Waals surface area contributed by atoms with Crippen LogP contribution in [0.4, 0.5) is 0 Å². The number of methoxy groups -OCH3 is 1. The van der Waals surface area contributed by atoms with Gasteiger partial charge in [-0.25, -0.2) is 9.59 Å². The lowest BCUT2D eigenvalue weighted by Crippen LogP contribution is -2.25. The second-order valence-electron chi connectivity index (χ2n) is 5.51. The lowest BCUT2D eigenvalue weighted by atomic mass is 10.1. The fourth-order valence-corrected chi connectivity index (χ4v) is 2.96. The maximum Gasteiger partial charge on any atom is 0.339 e. The van der Waals surface area contributed by atoms with E-state index in [-0.39, 0.29) is 5.69 Å². The van der Waals surface area contributed by atoms with Crippen LogP contribution in [0.5, 0.6) is 0 Å². The van der Waals surface area contributed by atoms with Crippen LogP contribution in [-0.2, 0) is 9.47 Å². The monoisotopic (exact) mass is 407 g/mol. The number of carbonyl (C=O) groups excluding carboxylic acids is 3. The lowest BCUT2D eigenvalue weighted by molar-refractivity contribution is 0.0316. The Morgan fingerprint density at radius 1 is 1.12 bits per heavy atom. The zero-order valence-electron chi connectivity index (χ0n) is 14.3. The molecule has 0 bridgehead atoms. The van der Waals surface area contributed by atoms with Crippen LogP contribution in [0.15, 0.2) is 28.7 Å². The summed E-state index contributed by atoms with van der Waals surface area (Å²) in [5.41, 5.74) is 1.87. The minimum Gasteiger partial charge on any atom is -0.465 e. The highest BCUT2D eigenvalue weighted by Gasteiger charge is 2.27. The van der Waals surface area contributed by atoms with Crippen molar-refractivity contribution < 1.29 is 23.9 Å². The van der Waals surface area contributed by atoms with Gasteiger partial charge in [0.1, 0.15) is 0 Å². The van der Waals surface area contributed by atoms with Gasteiger partial charge >= 0.3 is 11.9 Å². The van der Waals surface area contributed by atoms with Crippen molar-refractivity contribution in [3.8, 4) is 0 Å². The van der Waals surface area contributed by atoms with Gasteiger partial charge in [0.25, 0.3) is 0 Å². The molecule has 2 rings (SSSR count). The van der Waals surface area contributed by atoms with Gasteiger partial charge in [-0.1, -0.05) is 12.1 Å². The SMILES string of the molecule is COC(=O)c1c(C)[nH]c(C(=O)[C@@H](C)OC(=O)c2ccccc2Br)c1C. The predicted octanol–water partition coefficient (Wildman–Crippen LogP) is 3.61. The molecule has 0 amide bonds. The molecule has 7 heteroatoms. The van der Waals surface area contributed by atoms with Gasteiger partial charge in [-0.05, 0) is 54.4 Å². The van der Waals surface area contributed by atoms with E-state index in [1.807, 2.05) is 0 Å². The Bertz CT molecular complexity index is 840. The molecular formula is C18H18BrNO5. The van der Waals surface area contributed by atoms with E-state index in [1.54, 1.807) is 38.1 Å². The van der Waals surface area contributed by atoms with Crippen LogP contribution in [0.3, 0.4) is 0 Å². The van der Waals surface area contributed by atoms with Crippen molar-refractivity contribution in [2.24, 2.45) is 0 Å². The van der Waals surface area contributed by atoms with Crippen LogP contribution in [0.1, 0.15) is 49.4 Å². The van der Waals surface area contributed by atoms with Gasteiger partial charge in [0.05, 0.1) is 23.9 Å². The first-order valence-electron chi connectivity index (χ1n) is 7.55. The first kappa shape index (κ1) is 18.9. The Morgan fingerprint density at radius 2 is 1.76 bits per heavy atom. The molecule has 0 spiro atoms. The summed E-state index contributed by atoms with van der Waals surface area (Å²) < 4.78 is 10.6. The molecular weight excluding hydrogens is 390 g/mol. The number of aryl methyl sites for hydroxylation is 1. The molecule has 1 N–H and O–H groups in total. The fraction of sp³-hybridized carbons (Fsp3) is 0.278. The lowest BCUT2D eigenvalue weighted by Gasteiger charge is -2.13. The summed E-state index contributed by atoms with van der Waals surface area (Å²) >= 11 is 3.27. The zero-order chi connectivity index (χ0) is 18.7. The molecule has 25 heavy (non-hydrogen) atoms.